The molecular formula is C11H18O3. The van der Waals surface area contributed by atoms with E-state index < -0.39 is 0 Å². The topological polar surface area (TPSA) is 43.4 Å². The molecule has 1 fully saturated rings. The maximum Gasteiger partial charge on any atom is 0.317 e. The molecule has 0 aliphatic carbocycles. The van der Waals surface area contributed by atoms with Gasteiger partial charge in [0.15, 0.2) is 0 Å². The number of carbonyl (C=O) groups excluding carboxylic acids is 2. The molecule has 80 valence electrons. The fourth-order valence-corrected chi connectivity index (χ4v) is 2.17. The van der Waals surface area contributed by atoms with Gasteiger partial charge in [-0.3, -0.25) is 9.59 Å². The van der Waals surface area contributed by atoms with E-state index in [1.165, 1.54) is 0 Å². The zero-order valence-corrected chi connectivity index (χ0v) is 9.13. The number of hydrogen-bond acceptors (Lipinski definition) is 3. The number of carbonyl (C=O) groups is 2. The lowest BCUT2D eigenvalue weighted by Crippen LogP contribution is -2.30. The summed E-state index contributed by atoms with van der Waals surface area (Å²) < 4.78 is 4.59. The van der Waals surface area contributed by atoms with Gasteiger partial charge in [-0.15, -0.1) is 0 Å². The molecule has 1 rings (SSSR count). The molecule has 1 aliphatic heterocycles. The lowest BCUT2D eigenvalue weighted by molar-refractivity contribution is -0.154. The van der Waals surface area contributed by atoms with Crippen molar-refractivity contribution in [1.29, 1.82) is 0 Å². The van der Waals surface area contributed by atoms with Crippen LogP contribution in [0.15, 0.2) is 0 Å². The first-order valence-electron chi connectivity index (χ1n) is 5.28. The van der Waals surface area contributed by atoms with Crippen LogP contribution in [0.2, 0.25) is 0 Å². The summed E-state index contributed by atoms with van der Waals surface area (Å²) in [5.74, 6) is -0.913. The molecule has 3 heteroatoms. The number of rotatable bonds is 4. The van der Waals surface area contributed by atoms with Crippen molar-refractivity contribution in [3.63, 3.8) is 0 Å². The molecule has 0 aromatic heterocycles. The highest BCUT2D eigenvalue weighted by molar-refractivity contribution is 5.95. The van der Waals surface area contributed by atoms with Crippen LogP contribution in [0.5, 0.6) is 0 Å². The minimum absolute atomic E-state index is 0.0714. The van der Waals surface area contributed by atoms with Gasteiger partial charge in [0.25, 0.3) is 0 Å². The van der Waals surface area contributed by atoms with Gasteiger partial charge in [-0.2, -0.15) is 0 Å². The summed E-state index contributed by atoms with van der Waals surface area (Å²) >= 11 is 0. The van der Waals surface area contributed by atoms with Crippen molar-refractivity contribution < 1.29 is 14.3 Å². The molecule has 0 aromatic carbocycles. The number of hydrogen-bond donors (Lipinski definition) is 0. The van der Waals surface area contributed by atoms with Gasteiger partial charge in [-0.25, -0.2) is 0 Å². The summed E-state index contributed by atoms with van der Waals surface area (Å²) in [6.45, 7) is 6.22. The molecule has 1 aliphatic rings. The summed E-state index contributed by atoms with van der Waals surface area (Å²) in [6, 6.07) is 0. The van der Waals surface area contributed by atoms with Crippen molar-refractivity contribution in [2.45, 2.75) is 46.5 Å². The lowest BCUT2D eigenvalue weighted by Gasteiger charge is -2.31. The molecule has 0 N–H and O–H groups in total. The van der Waals surface area contributed by atoms with Crippen molar-refractivity contribution in [2.24, 2.45) is 11.3 Å². The molecule has 0 aromatic rings. The van der Waals surface area contributed by atoms with Crippen LogP contribution in [0.1, 0.15) is 46.5 Å². The summed E-state index contributed by atoms with van der Waals surface area (Å²) in [4.78, 5) is 22.4. The zero-order valence-electron chi connectivity index (χ0n) is 9.13. The van der Waals surface area contributed by atoms with Crippen LogP contribution in [-0.4, -0.2) is 11.9 Å². The molecule has 2 atom stereocenters. The van der Waals surface area contributed by atoms with E-state index in [-0.39, 0.29) is 29.7 Å². The Labute approximate surface area is 84.8 Å². The molecule has 0 spiro atoms. The Bertz CT molecular complexity index is 247. The van der Waals surface area contributed by atoms with E-state index in [1.54, 1.807) is 0 Å². The van der Waals surface area contributed by atoms with E-state index >= 15 is 0 Å². The van der Waals surface area contributed by atoms with Gasteiger partial charge in [0, 0.05) is 0 Å². The molecule has 1 saturated heterocycles. The number of cyclic esters (lactones) is 2. The molecule has 0 radical (unpaired) electrons. The standard InChI is InChI=1S/C11H18O3/c1-4-6-11(3,5-2)8-7-9(12)14-10(8)13/h8H,4-7H2,1-3H3. The predicted octanol–water partition coefficient (Wildman–Crippen LogP) is 2.29. The second-order valence-corrected chi connectivity index (χ2v) is 4.31. The Morgan fingerprint density at radius 2 is 2.07 bits per heavy atom. The van der Waals surface area contributed by atoms with Gasteiger partial charge in [0.2, 0.25) is 0 Å². The van der Waals surface area contributed by atoms with E-state index in [9.17, 15) is 9.59 Å². The molecule has 0 amide bonds. The molecular weight excluding hydrogens is 180 g/mol. The number of esters is 2. The van der Waals surface area contributed by atoms with Crippen LogP contribution >= 0.6 is 0 Å². The highest BCUT2D eigenvalue weighted by Gasteiger charge is 2.44. The lowest BCUT2D eigenvalue weighted by atomic mass is 9.71. The smallest absolute Gasteiger partial charge is 0.317 e. The Balaban J connectivity index is 2.78. The maximum atomic E-state index is 11.4. The van der Waals surface area contributed by atoms with Gasteiger partial charge in [-0.1, -0.05) is 27.2 Å². The minimum atomic E-state index is -0.365. The largest absolute Gasteiger partial charge is 0.393 e. The first-order valence-corrected chi connectivity index (χ1v) is 5.28. The van der Waals surface area contributed by atoms with Crippen molar-refractivity contribution in [3.8, 4) is 0 Å². The Hall–Kier alpha value is -0.860. The summed E-state index contributed by atoms with van der Waals surface area (Å²) in [5.41, 5.74) is -0.0714. The molecule has 2 unspecified atom stereocenters. The van der Waals surface area contributed by atoms with Crippen molar-refractivity contribution >= 4 is 11.9 Å². The van der Waals surface area contributed by atoms with E-state index in [4.69, 9.17) is 0 Å². The predicted molar refractivity (Wildman–Crippen MR) is 52.5 cm³/mol. The van der Waals surface area contributed by atoms with Crippen molar-refractivity contribution in [2.75, 3.05) is 0 Å². The SMILES string of the molecule is CCCC(C)(CC)C1CC(=O)OC1=O. The summed E-state index contributed by atoms with van der Waals surface area (Å²) in [6.07, 6.45) is 3.18. The molecule has 0 bridgehead atoms. The maximum absolute atomic E-state index is 11.4. The highest BCUT2D eigenvalue weighted by Crippen LogP contribution is 2.41. The number of ether oxygens (including phenoxy) is 1. The zero-order chi connectivity index (χ0) is 10.8. The van der Waals surface area contributed by atoms with Crippen LogP contribution in [-0.2, 0) is 14.3 Å². The second-order valence-electron chi connectivity index (χ2n) is 4.31. The Kier molecular flexibility index (Phi) is 3.29. The Morgan fingerprint density at radius 3 is 2.43 bits per heavy atom. The van der Waals surface area contributed by atoms with Gasteiger partial charge in [0.1, 0.15) is 0 Å². The third-order valence-corrected chi connectivity index (χ3v) is 3.34. The third-order valence-electron chi connectivity index (χ3n) is 3.34. The average molecular weight is 198 g/mol. The second kappa shape index (κ2) is 4.11. The van der Waals surface area contributed by atoms with E-state index in [0.29, 0.717) is 0 Å². The van der Waals surface area contributed by atoms with Crippen LogP contribution in [0.25, 0.3) is 0 Å². The average Bonchev–Trinajstić information content (AvgIpc) is 2.46. The molecule has 0 saturated carbocycles. The van der Waals surface area contributed by atoms with Gasteiger partial charge in [0.05, 0.1) is 12.3 Å². The van der Waals surface area contributed by atoms with E-state index in [0.717, 1.165) is 19.3 Å². The first-order chi connectivity index (χ1) is 6.53. The first kappa shape index (κ1) is 11.2. The Morgan fingerprint density at radius 1 is 1.43 bits per heavy atom. The summed E-state index contributed by atoms with van der Waals surface area (Å²) in [7, 11) is 0. The van der Waals surface area contributed by atoms with E-state index in [1.807, 2.05) is 0 Å². The normalized spacial score (nSPS) is 26.1. The molecule has 14 heavy (non-hydrogen) atoms. The van der Waals surface area contributed by atoms with Crippen LogP contribution < -0.4 is 0 Å². The quantitative estimate of drug-likeness (QED) is 0.514. The third kappa shape index (κ3) is 1.97. The van der Waals surface area contributed by atoms with Gasteiger partial charge in [-0.05, 0) is 18.3 Å². The van der Waals surface area contributed by atoms with Crippen LogP contribution in [0, 0.1) is 11.3 Å². The fraction of sp³-hybridized carbons (Fsp3) is 0.818. The van der Waals surface area contributed by atoms with Crippen molar-refractivity contribution in [3.05, 3.63) is 0 Å². The summed E-state index contributed by atoms with van der Waals surface area (Å²) in [5, 5.41) is 0. The fourth-order valence-electron chi connectivity index (χ4n) is 2.17. The van der Waals surface area contributed by atoms with E-state index in [2.05, 4.69) is 25.5 Å². The highest BCUT2D eigenvalue weighted by atomic mass is 16.6. The van der Waals surface area contributed by atoms with Gasteiger partial charge < -0.3 is 4.74 Å². The van der Waals surface area contributed by atoms with Gasteiger partial charge >= 0.3 is 11.9 Å². The minimum Gasteiger partial charge on any atom is -0.393 e. The molecule has 3 nitrogen and oxygen atoms in total. The monoisotopic (exact) mass is 198 g/mol. The van der Waals surface area contributed by atoms with Crippen molar-refractivity contribution in [1.82, 2.24) is 0 Å². The molecule has 1 heterocycles. The van der Waals surface area contributed by atoms with Crippen LogP contribution in [0.4, 0.5) is 0 Å². The van der Waals surface area contributed by atoms with Crippen LogP contribution in [0.3, 0.4) is 0 Å².